The van der Waals surface area contributed by atoms with E-state index >= 15 is 0 Å². The first-order chi connectivity index (χ1) is 8.83. The van der Waals surface area contributed by atoms with Crippen LogP contribution in [0.15, 0.2) is 18.3 Å². The van der Waals surface area contributed by atoms with E-state index in [2.05, 4.69) is 15.2 Å². The normalized spacial score (nSPS) is 14.7. The monoisotopic (exact) mass is 251 g/mol. The average Bonchev–Trinajstić information content (AvgIpc) is 3.11. The molecular formula is C13H21N3O2. The molecule has 2 rings (SSSR count). The van der Waals surface area contributed by atoms with E-state index in [1.54, 1.807) is 7.11 Å². The molecule has 1 fully saturated rings. The van der Waals surface area contributed by atoms with Gasteiger partial charge >= 0.3 is 0 Å². The van der Waals surface area contributed by atoms with Gasteiger partial charge < -0.3 is 19.9 Å². The highest BCUT2D eigenvalue weighted by atomic mass is 16.5. The molecule has 100 valence electrons. The number of hydrogen-bond donors (Lipinski definition) is 2. The van der Waals surface area contributed by atoms with E-state index in [4.69, 9.17) is 4.74 Å². The second-order valence-electron chi connectivity index (χ2n) is 4.53. The van der Waals surface area contributed by atoms with Crippen LogP contribution in [0.1, 0.15) is 29.4 Å². The van der Waals surface area contributed by atoms with Gasteiger partial charge in [0.15, 0.2) is 0 Å². The average molecular weight is 251 g/mol. The zero-order valence-corrected chi connectivity index (χ0v) is 10.8. The first-order valence-electron chi connectivity index (χ1n) is 6.47. The van der Waals surface area contributed by atoms with Gasteiger partial charge in [-0.25, -0.2) is 0 Å². The molecule has 1 aliphatic rings. The van der Waals surface area contributed by atoms with Gasteiger partial charge in [0.05, 0.1) is 6.61 Å². The third kappa shape index (κ3) is 3.58. The zero-order valence-electron chi connectivity index (χ0n) is 10.8. The van der Waals surface area contributed by atoms with Crippen LogP contribution >= 0.6 is 0 Å². The second-order valence-corrected chi connectivity index (χ2v) is 4.53. The van der Waals surface area contributed by atoms with E-state index in [9.17, 15) is 4.79 Å². The number of nitrogens with zero attached hydrogens (tertiary/aromatic N) is 1. The summed E-state index contributed by atoms with van der Waals surface area (Å²) in [5.74, 6) is 0.0143. The van der Waals surface area contributed by atoms with Gasteiger partial charge in [-0.05, 0) is 25.0 Å². The van der Waals surface area contributed by atoms with Crippen LogP contribution < -0.4 is 10.6 Å². The van der Waals surface area contributed by atoms with Crippen molar-refractivity contribution in [2.45, 2.75) is 18.9 Å². The Morgan fingerprint density at radius 2 is 2.28 bits per heavy atom. The van der Waals surface area contributed by atoms with Gasteiger partial charge in [-0.1, -0.05) is 0 Å². The van der Waals surface area contributed by atoms with Crippen LogP contribution in [0.4, 0.5) is 0 Å². The highest BCUT2D eigenvalue weighted by Gasteiger charge is 2.26. The Kier molecular flexibility index (Phi) is 4.78. The molecular weight excluding hydrogens is 230 g/mol. The van der Waals surface area contributed by atoms with Crippen molar-refractivity contribution in [3.05, 3.63) is 24.0 Å². The summed E-state index contributed by atoms with van der Waals surface area (Å²) in [5, 5.41) is 6.11. The van der Waals surface area contributed by atoms with Gasteiger partial charge in [-0.2, -0.15) is 0 Å². The molecule has 0 aliphatic heterocycles. The van der Waals surface area contributed by atoms with Crippen molar-refractivity contribution >= 4 is 5.91 Å². The summed E-state index contributed by atoms with van der Waals surface area (Å²) in [6.45, 7) is 2.90. The van der Waals surface area contributed by atoms with Crippen LogP contribution in [-0.4, -0.2) is 43.8 Å². The smallest absolute Gasteiger partial charge is 0.267 e. The van der Waals surface area contributed by atoms with E-state index in [0.29, 0.717) is 19.2 Å². The predicted molar refractivity (Wildman–Crippen MR) is 69.8 cm³/mol. The molecule has 1 heterocycles. The summed E-state index contributed by atoms with van der Waals surface area (Å²) in [6.07, 6.45) is 4.37. The first-order valence-corrected chi connectivity index (χ1v) is 6.47. The largest absolute Gasteiger partial charge is 0.383 e. The molecule has 1 aromatic heterocycles. The zero-order chi connectivity index (χ0) is 12.8. The Balaban J connectivity index is 1.69. The molecule has 0 bridgehead atoms. The van der Waals surface area contributed by atoms with Crippen LogP contribution in [0.3, 0.4) is 0 Å². The van der Waals surface area contributed by atoms with E-state index in [1.807, 2.05) is 18.3 Å². The lowest BCUT2D eigenvalue weighted by Crippen LogP contribution is -2.33. The van der Waals surface area contributed by atoms with Gasteiger partial charge in [0.25, 0.3) is 5.91 Å². The van der Waals surface area contributed by atoms with E-state index in [0.717, 1.165) is 18.8 Å². The molecule has 1 aromatic rings. The standard InChI is InChI=1S/C13H21N3O2/c1-18-10-8-14-6-7-15-13(17)12-3-2-9-16(12)11-4-5-11/h2-3,9,11,14H,4-8,10H2,1H3,(H,15,17). The van der Waals surface area contributed by atoms with Crippen LogP contribution in [0, 0.1) is 0 Å². The highest BCUT2D eigenvalue weighted by molar-refractivity contribution is 5.92. The third-order valence-electron chi connectivity index (χ3n) is 3.02. The van der Waals surface area contributed by atoms with Crippen molar-refractivity contribution in [2.75, 3.05) is 33.4 Å². The maximum absolute atomic E-state index is 12.0. The maximum atomic E-state index is 12.0. The number of ether oxygens (including phenoxy) is 1. The summed E-state index contributed by atoms with van der Waals surface area (Å²) in [7, 11) is 1.68. The molecule has 0 unspecified atom stereocenters. The number of hydrogen-bond acceptors (Lipinski definition) is 3. The van der Waals surface area contributed by atoms with Crippen molar-refractivity contribution in [1.29, 1.82) is 0 Å². The van der Waals surface area contributed by atoms with Crippen molar-refractivity contribution < 1.29 is 9.53 Å². The van der Waals surface area contributed by atoms with Crippen LogP contribution in [0.25, 0.3) is 0 Å². The maximum Gasteiger partial charge on any atom is 0.267 e. The Morgan fingerprint density at radius 3 is 3.00 bits per heavy atom. The molecule has 0 atom stereocenters. The first kappa shape index (κ1) is 13.1. The summed E-state index contributed by atoms with van der Waals surface area (Å²) in [6, 6.07) is 4.36. The highest BCUT2D eigenvalue weighted by Crippen LogP contribution is 2.35. The molecule has 1 amide bonds. The number of carbonyl (C=O) groups excluding carboxylic acids is 1. The number of aromatic nitrogens is 1. The molecule has 0 spiro atoms. The van der Waals surface area contributed by atoms with Gasteiger partial charge in [0.2, 0.25) is 0 Å². The predicted octanol–water partition coefficient (Wildman–Crippen LogP) is 0.789. The van der Waals surface area contributed by atoms with Crippen molar-refractivity contribution in [2.24, 2.45) is 0 Å². The topological polar surface area (TPSA) is 55.3 Å². The van der Waals surface area contributed by atoms with Crippen LogP contribution in [0.5, 0.6) is 0 Å². The molecule has 0 aromatic carbocycles. The molecule has 0 radical (unpaired) electrons. The molecule has 18 heavy (non-hydrogen) atoms. The lowest BCUT2D eigenvalue weighted by atomic mass is 10.4. The summed E-state index contributed by atoms with van der Waals surface area (Å²) >= 11 is 0. The number of nitrogens with one attached hydrogen (secondary N) is 2. The van der Waals surface area contributed by atoms with Gasteiger partial charge in [0, 0.05) is 39.0 Å². The summed E-state index contributed by atoms with van der Waals surface area (Å²) < 4.78 is 7.00. The molecule has 1 saturated carbocycles. The Labute approximate surface area is 108 Å². The molecule has 2 N–H and O–H groups in total. The lowest BCUT2D eigenvalue weighted by molar-refractivity contribution is 0.0944. The number of methoxy groups -OCH3 is 1. The fourth-order valence-corrected chi connectivity index (χ4v) is 1.91. The number of carbonyl (C=O) groups is 1. The van der Waals surface area contributed by atoms with E-state index < -0.39 is 0 Å². The molecule has 5 heteroatoms. The van der Waals surface area contributed by atoms with Crippen molar-refractivity contribution in [3.63, 3.8) is 0 Å². The van der Waals surface area contributed by atoms with Gasteiger partial charge in [0.1, 0.15) is 5.69 Å². The molecule has 1 aliphatic carbocycles. The SMILES string of the molecule is COCCNCCNC(=O)c1cccn1C1CC1. The Hall–Kier alpha value is -1.33. The minimum atomic E-state index is 0.0143. The number of rotatable bonds is 8. The van der Waals surface area contributed by atoms with Gasteiger partial charge in [-0.3, -0.25) is 4.79 Å². The molecule has 5 nitrogen and oxygen atoms in total. The van der Waals surface area contributed by atoms with Crippen LogP contribution in [0.2, 0.25) is 0 Å². The number of amides is 1. The van der Waals surface area contributed by atoms with Crippen molar-refractivity contribution in [1.82, 2.24) is 15.2 Å². The quantitative estimate of drug-likeness (QED) is 0.672. The second kappa shape index (κ2) is 6.56. The summed E-state index contributed by atoms with van der Waals surface area (Å²) in [4.78, 5) is 12.0. The fourth-order valence-electron chi connectivity index (χ4n) is 1.91. The Bertz CT molecular complexity index is 385. The molecule has 0 saturated heterocycles. The fraction of sp³-hybridized carbons (Fsp3) is 0.615. The van der Waals surface area contributed by atoms with E-state index in [1.165, 1.54) is 12.8 Å². The van der Waals surface area contributed by atoms with E-state index in [-0.39, 0.29) is 5.91 Å². The summed E-state index contributed by atoms with van der Waals surface area (Å²) in [5.41, 5.74) is 0.773. The lowest BCUT2D eigenvalue weighted by Gasteiger charge is -2.09. The minimum absolute atomic E-state index is 0.0143. The Morgan fingerprint density at radius 1 is 1.44 bits per heavy atom. The van der Waals surface area contributed by atoms with Crippen LogP contribution in [-0.2, 0) is 4.74 Å². The van der Waals surface area contributed by atoms with Gasteiger partial charge in [-0.15, -0.1) is 0 Å². The minimum Gasteiger partial charge on any atom is -0.383 e. The third-order valence-corrected chi connectivity index (χ3v) is 3.02. The van der Waals surface area contributed by atoms with Crippen molar-refractivity contribution in [3.8, 4) is 0 Å².